The highest BCUT2D eigenvalue weighted by Gasteiger charge is 2.41. The van der Waals surface area contributed by atoms with Crippen molar-refractivity contribution in [2.75, 3.05) is 6.54 Å². The van der Waals surface area contributed by atoms with Gasteiger partial charge in [0.25, 0.3) is 23.6 Å². The van der Waals surface area contributed by atoms with Crippen LogP contribution in [-0.2, 0) is 33.5 Å². The molecule has 0 bridgehead atoms. The van der Waals surface area contributed by atoms with E-state index in [4.69, 9.17) is 9.57 Å². The molecule has 0 aliphatic carbocycles. The van der Waals surface area contributed by atoms with E-state index in [1.54, 1.807) is 20.8 Å². The first kappa shape index (κ1) is 20.1. The number of hydrogen-bond acceptors (Lipinski definition) is 8. The molecule has 0 radical (unpaired) electrons. The predicted octanol–water partition coefficient (Wildman–Crippen LogP) is -0.588. The summed E-state index contributed by atoms with van der Waals surface area (Å²) in [6, 6.07) is -1.59. The van der Waals surface area contributed by atoms with Gasteiger partial charge in [-0.15, -0.1) is 5.06 Å². The minimum absolute atomic E-state index is 0.115. The maximum atomic E-state index is 12.4. The molecule has 2 rings (SSSR count). The molecule has 2 aliphatic rings. The first-order valence-electron chi connectivity index (χ1n) is 8.09. The number of carbonyl (C=O) groups excluding carboxylic acids is 6. The Morgan fingerprint density at radius 3 is 2.07 bits per heavy atom. The van der Waals surface area contributed by atoms with E-state index < -0.39 is 53.9 Å². The Balaban J connectivity index is 2.12. The van der Waals surface area contributed by atoms with Gasteiger partial charge in [-0.25, -0.2) is 9.59 Å². The Bertz CT molecular complexity index is 702. The molecule has 0 aromatic carbocycles. The number of nitrogens with zero attached hydrogens (tertiary/aromatic N) is 2. The predicted molar refractivity (Wildman–Crippen MR) is 86.2 cm³/mol. The van der Waals surface area contributed by atoms with E-state index in [2.05, 4.69) is 5.32 Å². The van der Waals surface area contributed by atoms with Crippen LogP contribution in [0.2, 0.25) is 0 Å². The second-order valence-electron chi connectivity index (χ2n) is 6.77. The first-order chi connectivity index (χ1) is 12.5. The summed E-state index contributed by atoms with van der Waals surface area (Å²) in [5, 5.41) is 2.55. The SMILES string of the molecule is CC(C)(C)OC(=O)NC[C@@H](C(=O)ON1C(=O)CCC1=O)N1C(=O)C=CC1=O. The highest BCUT2D eigenvalue weighted by molar-refractivity contribution is 6.15. The Morgan fingerprint density at radius 1 is 1.07 bits per heavy atom. The van der Waals surface area contributed by atoms with Crippen molar-refractivity contribution in [1.29, 1.82) is 0 Å². The second kappa shape index (κ2) is 7.56. The normalized spacial score (nSPS) is 18.2. The Labute approximate surface area is 154 Å². The van der Waals surface area contributed by atoms with Gasteiger partial charge in [-0.1, -0.05) is 0 Å². The lowest BCUT2D eigenvalue weighted by Crippen LogP contribution is -2.53. The maximum Gasteiger partial charge on any atom is 0.407 e. The lowest BCUT2D eigenvalue weighted by atomic mass is 10.2. The molecule has 0 aromatic rings. The van der Waals surface area contributed by atoms with Crippen LogP contribution in [0.25, 0.3) is 0 Å². The fraction of sp³-hybridized carbons (Fsp3) is 0.500. The van der Waals surface area contributed by atoms with E-state index in [1.807, 2.05) is 0 Å². The van der Waals surface area contributed by atoms with Gasteiger partial charge in [0.05, 0.1) is 6.54 Å². The van der Waals surface area contributed by atoms with E-state index >= 15 is 0 Å². The van der Waals surface area contributed by atoms with Crippen LogP contribution in [-0.4, -0.2) is 63.8 Å². The summed E-state index contributed by atoms with van der Waals surface area (Å²) in [6.07, 6.45) is 0.775. The van der Waals surface area contributed by atoms with Crippen molar-refractivity contribution in [2.45, 2.75) is 45.3 Å². The average molecular weight is 381 g/mol. The monoisotopic (exact) mass is 381 g/mol. The van der Waals surface area contributed by atoms with Gasteiger partial charge in [-0.05, 0) is 20.8 Å². The van der Waals surface area contributed by atoms with E-state index in [-0.39, 0.29) is 12.8 Å². The van der Waals surface area contributed by atoms with Gasteiger partial charge in [0.1, 0.15) is 5.60 Å². The third kappa shape index (κ3) is 4.90. The molecule has 1 N–H and O–H groups in total. The van der Waals surface area contributed by atoms with E-state index in [1.165, 1.54) is 0 Å². The van der Waals surface area contributed by atoms with Gasteiger partial charge in [-0.3, -0.25) is 24.1 Å². The zero-order valence-electron chi connectivity index (χ0n) is 15.0. The topological polar surface area (TPSA) is 139 Å². The molecule has 2 heterocycles. The fourth-order valence-corrected chi connectivity index (χ4v) is 2.30. The fourth-order valence-electron chi connectivity index (χ4n) is 2.30. The van der Waals surface area contributed by atoms with Crippen molar-refractivity contribution < 1.29 is 38.3 Å². The molecule has 2 aliphatic heterocycles. The van der Waals surface area contributed by atoms with E-state index in [9.17, 15) is 28.8 Å². The molecule has 0 saturated carbocycles. The number of rotatable bonds is 5. The number of nitrogens with one attached hydrogen (secondary N) is 1. The van der Waals surface area contributed by atoms with Crippen LogP contribution in [0.1, 0.15) is 33.6 Å². The maximum absolute atomic E-state index is 12.4. The summed E-state index contributed by atoms with van der Waals surface area (Å²) in [5.74, 6) is -4.26. The largest absolute Gasteiger partial charge is 0.444 e. The van der Waals surface area contributed by atoms with Gasteiger partial charge >= 0.3 is 12.1 Å². The minimum Gasteiger partial charge on any atom is -0.444 e. The van der Waals surface area contributed by atoms with Gasteiger partial charge < -0.3 is 14.9 Å². The van der Waals surface area contributed by atoms with Gasteiger partial charge in [0.15, 0.2) is 6.04 Å². The number of ether oxygens (including phenoxy) is 1. The van der Waals surface area contributed by atoms with Crippen LogP contribution in [0.5, 0.6) is 0 Å². The molecule has 146 valence electrons. The van der Waals surface area contributed by atoms with E-state index in [0.29, 0.717) is 9.96 Å². The zero-order chi connectivity index (χ0) is 20.4. The summed E-state index contributed by atoms with van der Waals surface area (Å²) in [6.45, 7) is 4.35. The lowest BCUT2D eigenvalue weighted by molar-refractivity contribution is -0.201. The Kier molecular flexibility index (Phi) is 5.62. The van der Waals surface area contributed by atoms with Gasteiger partial charge in [0.2, 0.25) is 0 Å². The molecule has 0 aromatic heterocycles. The number of alkyl carbamates (subject to hydrolysis) is 1. The molecule has 0 unspecified atom stereocenters. The third-order valence-electron chi connectivity index (χ3n) is 3.45. The smallest absolute Gasteiger partial charge is 0.407 e. The van der Waals surface area contributed by atoms with Crippen LogP contribution in [0, 0.1) is 0 Å². The van der Waals surface area contributed by atoms with E-state index in [0.717, 1.165) is 12.2 Å². The second-order valence-corrected chi connectivity index (χ2v) is 6.77. The lowest BCUT2D eigenvalue weighted by Gasteiger charge is -2.26. The zero-order valence-corrected chi connectivity index (χ0v) is 15.0. The highest BCUT2D eigenvalue weighted by atomic mass is 16.7. The molecule has 1 atom stereocenters. The first-order valence-corrected chi connectivity index (χ1v) is 8.09. The van der Waals surface area contributed by atoms with Crippen molar-refractivity contribution in [1.82, 2.24) is 15.3 Å². The molecule has 11 heteroatoms. The molecule has 1 fully saturated rings. The Morgan fingerprint density at radius 2 is 1.59 bits per heavy atom. The molecule has 11 nitrogen and oxygen atoms in total. The molecular formula is C16H19N3O8. The van der Waals surface area contributed by atoms with Crippen molar-refractivity contribution in [3.05, 3.63) is 12.2 Å². The third-order valence-corrected chi connectivity index (χ3v) is 3.45. The Hall–Kier alpha value is -3.24. The van der Waals surface area contributed by atoms with Crippen molar-refractivity contribution >= 4 is 35.7 Å². The van der Waals surface area contributed by atoms with Crippen molar-refractivity contribution in [3.8, 4) is 0 Å². The molecule has 27 heavy (non-hydrogen) atoms. The molecular weight excluding hydrogens is 362 g/mol. The number of hydroxylamine groups is 2. The summed E-state index contributed by atoms with van der Waals surface area (Å²) < 4.78 is 5.03. The van der Waals surface area contributed by atoms with Crippen molar-refractivity contribution in [2.24, 2.45) is 0 Å². The summed E-state index contributed by atoms with van der Waals surface area (Å²) in [5.41, 5.74) is -0.810. The molecule has 0 spiro atoms. The quantitative estimate of drug-likeness (QED) is 0.624. The number of imide groups is 2. The summed E-state index contributed by atoms with van der Waals surface area (Å²) in [7, 11) is 0. The number of amides is 5. The van der Waals surface area contributed by atoms with Gasteiger partial charge in [0, 0.05) is 25.0 Å². The molecule has 1 saturated heterocycles. The number of hydrogen-bond donors (Lipinski definition) is 1. The van der Waals surface area contributed by atoms with Crippen LogP contribution >= 0.6 is 0 Å². The summed E-state index contributed by atoms with van der Waals surface area (Å²) in [4.78, 5) is 76.5. The minimum atomic E-state index is -1.59. The van der Waals surface area contributed by atoms with Gasteiger partial charge in [-0.2, -0.15) is 0 Å². The molecule has 5 amide bonds. The van der Waals surface area contributed by atoms with Crippen LogP contribution in [0.3, 0.4) is 0 Å². The standard InChI is InChI=1S/C16H19N3O8/c1-16(2,3)26-15(25)17-8-9(18-10(20)4-5-11(18)21)14(24)27-19-12(22)6-7-13(19)23/h4-5,9H,6-8H2,1-3H3,(H,17,25)/t9-/m0/s1. The van der Waals surface area contributed by atoms with Crippen LogP contribution < -0.4 is 5.32 Å². The van der Waals surface area contributed by atoms with Crippen LogP contribution in [0.4, 0.5) is 4.79 Å². The van der Waals surface area contributed by atoms with Crippen molar-refractivity contribution in [3.63, 3.8) is 0 Å². The number of carbonyl (C=O) groups is 6. The highest BCUT2D eigenvalue weighted by Crippen LogP contribution is 2.16. The summed E-state index contributed by atoms with van der Waals surface area (Å²) >= 11 is 0. The van der Waals surface area contributed by atoms with Crippen LogP contribution in [0.15, 0.2) is 12.2 Å². The average Bonchev–Trinajstić information content (AvgIpc) is 3.03.